The van der Waals surface area contributed by atoms with Crippen molar-refractivity contribution in [2.45, 2.75) is 6.92 Å². The summed E-state index contributed by atoms with van der Waals surface area (Å²) in [7, 11) is 1.55. The Morgan fingerprint density at radius 1 is 1.00 bits per heavy atom. The summed E-state index contributed by atoms with van der Waals surface area (Å²) in [6.45, 7) is 2.73. The molecular formula is C16H16N4O. The molecule has 0 aliphatic rings. The van der Waals surface area contributed by atoms with Crippen LogP contribution in [0.25, 0.3) is 22.2 Å². The number of nitrogens with one attached hydrogen (secondary N) is 1. The van der Waals surface area contributed by atoms with Crippen molar-refractivity contribution in [3.63, 3.8) is 0 Å². The van der Waals surface area contributed by atoms with Crippen LogP contribution >= 0.6 is 0 Å². The maximum Gasteiger partial charge on any atom is 0.321 e. The van der Waals surface area contributed by atoms with Crippen LogP contribution < -0.4 is 10.1 Å². The Labute approximate surface area is 123 Å². The zero-order valence-electron chi connectivity index (χ0n) is 12.0. The lowest BCUT2D eigenvalue weighted by Gasteiger charge is -2.09. The Balaban J connectivity index is 2.20. The van der Waals surface area contributed by atoms with Crippen LogP contribution in [0.15, 0.2) is 42.5 Å². The lowest BCUT2D eigenvalue weighted by Crippen LogP contribution is -2.06. The molecule has 1 heterocycles. The van der Waals surface area contributed by atoms with Crippen molar-refractivity contribution in [1.29, 1.82) is 0 Å². The summed E-state index contributed by atoms with van der Waals surface area (Å²) in [6, 6.07) is 14.6. The van der Waals surface area contributed by atoms with Crippen molar-refractivity contribution in [3.8, 4) is 17.4 Å². The number of methoxy groups -OCH3 is 1. The molecule has 1 N–H and O–H groups in total. The Morgan fingerprint density at radius 3 is 2.62 bits per heavy atom. The molecule has 2 aromatic carbocycles. The van der Waals surface area contributed by atoms with Gasteiger partial charge in [-0.25, -0.2) is 0 Å². The number of fused-ring (bicyclic) bond motifs is 1. The number of nitrogens with zero attached hydrogens (tertiary/aromatic N) is 3. The average molecular weight is 280 g/mol. The Kier molecular flexibility index (Phi) is 3.64. The fourth-order valence-corrected chi connectivity index (χ4v) is 2.23. The minimum absolute atomic E-state index is 0.309. The summed E-state index contributed by atoms with van der Waals surface area (Å²) < 4.78 is 5.17. The molecule has 3 aromatic rings. The Hall–Kier alpha value is -2.69. The SMILES string of the molecule is CCNc1nc(OC)nc(-c2cccc3ccccc23)n1. The number of ether oxygens (including phenoxy) is 1. The number of aromatic nitrogens is 3. The van der Waals surface area contributed by atoms with Gasteiger partial charge in [-0.3, -0.25) is 0 Å². The van der Waals surface area contributed by atoms with Crippen molar-refractivity contribution >= 4 is 16.7 Å². The summed E-state index contributed by atoms with van der Waals surface area (Å²) in [4.78, 5) is 13.0. The van der Waals surface area contributed by atoms with Gasteiger partial charge in [-0.05, 0) is 17.7 Å². The monoisotopic (exact) mass is 280 g/mol. The second kappa shape index (κ2) is 5.75. The smallest absolute Gasteiger partial charge is 0.321 e. The molecule has 0 aliphatic carbocycles. The molecule has 0 amide bonds. The van der Waals surface area contributed by atoms with E-state index in [0.717, 1.165) is 22.9 Å². The van der Waals surface area contributed by atoms with Crippen LogP contribution in [0.3, 0.4) is 0 Å². The zero-order chi connectivity index (χ0) is 14.7. The molecule has 0 bridgehead atoms. The van der Waals surface area contributed by atoms with E-state index in [1.165, 1.54) is 0 Å². The van der Waals surface area contributed by atoms with Gasteiger partial charge in [0.1, 0.15) is 0 Å². The highest BCUT2D eigenvalue weighted by Crippen LogP contribution is 2.27. The van der Waals surface area contributed by atoms with Crippen molar-refractivity contribution < 1.29 is 4.74 Å². The highest BCUT2D eigenvalue weighted by atomic mass is 16.5. The van der Waals surface area contributed by atoms with Crippen LogP contribution in [0.2, 0.25) is 0 Å². The predicted molar refractivity (Wildman–Crippen MR) is 83.5 cm³/mol. The summed E-state index contributed by atoms with van der Waals surface area (Å²) >= 11 is 0. The minimum atomic E-state index is 0.309. The summed E-state index contributed by atoms with van der Waals surface area (Å²) in [5.41, 5.74) is 0.966. The first-order chi connectivity index (χ1) is 10.3. The van der Waals surface area contributed by atoms with Crippen LogP contribution in [-0.2, 0) is 0 Å². The van der Waals surface area contributed by atoms with Gasteiger partial charge in [0.2, 0.25) is 5.95 Å². The molecule has 0 spiro atoms. The number of anilines is 1. The molecule has 1 aromatic heterocycles. The van der Waals surface area contributed by atoms with Gasteiger partial charge in [0.15, 0.2) is 5.82 Å². The van der Waals surface area contributed by atoms with Crippen LogP contribution in [0, 0.1) is 0 Å². The molecule has 106 valence electrons. The molecule has 0 atom stereocenters. The number of benzene rings is 2. The third kappa shape index (κ3) is 2.63. The summed E-state index contributed by atoms with van der Waals surface area (Å²) in [5, 5.41) is 5.36. The molecule has 0 saturated carbocycles. The maximum atomic E-state index is 5.17. The predicted octanol–water partition coefficient (Wildman–Crippen LogP) is 3.13. The van der Waals surface area contributed by atoms with Crippen molar-refractivity contribution in [3.05, 3.63) is 42.5 Å². The van der Waals surface area contributed by atoms with E-state index in [1.54, 1.807) is 7.11 Å². The molecule has 0 fully saturated rings. The van der Waals surface area contributed by atoms with Crippen molar-refractivity contribution in [2.75, 3.05) is 19.0 Å². The van der Waals surface area contributed by atoms with E-state index in [0.29, 0.717) is 17.8 Å². The highest BCUT2D eigenvalue weighted by Gasteiger charge is 2.11. The van der Waals surface area contributed by atoms with Gasteiger partial charge in [0.05, 0.1) is 7.11 Å². The number of hydrogen-bond donors (Lipinski definition) is 1. The summed E-state index contributed by atoms with van der Waals surface area (Å²) in [6.07, 6.45) is 0. The van der Waals surface area contributed by atoms with E-state index in [2.05, 4.69) is 38.5 Å². The first kappa shape index (κ1) is 13.3. The van der Waals surface area contributed by atoms with E-state index in [4.69, 9.17) is 4.74 Å². The van der Waals surface area contributed by atoms with Gasteiger partial charge in [-0.15, -0.1) is 0 Å². The first-order valence-corrected chi connectivity index (χ1v) is 6.84. The standard InChI is InChI=1S/C16H16N4O/c1-3-17-15-18-14(19-16(20-15)21-2)13-10-6-8-11-7-4-5-9-12(11)13/h4-10H,3H2,1-2H3,(H,17,18,19,20). The van der Waals surface area contributed by atoms with Gasteiger partial charge in [0.25, 0.3) is 0 Å². The molecule has 0 aliphatic heterocycles. The number of hydrogen-bond acceptors (Lipinski definition) is 5. The van der Waals surface area contributed by atoms with Crippen molar-refractivity contribution in [1.82, 2.24) is 15.0 Å². The molecule has 3 rings (SSSR count). The fraction of sp³-hybridized carbons (Fsp3) is 0.188. The van der Waals surface area contributed by atoms with Gasteiger partial charge in [0, 0.05) is 12.1 Å². The third-order valence-electron chi connectivity index (χ3n) is 3.16. The largest absolute Gasteiger partial charge is 0.467 e. The van der Waals surface area contributed by atoms with Crippen LogP contribution in [0.5, 0.6) is 6.01 Å². The second-order valence-corrected chi connectivity index (χ2v) is 4.53. The number of rotatable bonds is 4. The van der Waals surface area contributed by atoms with E-state index in [-0.39, 0.29) is 0 Å². The van der Waals surface area contributed by atoms with Gasteiger partial charge in [-0.2, -0.15) is 15.0 Å². The van der Waals surface area contributed by atoms with Gasteiger partial charge < -0.3 is 10.1 Å². The minimum Gasteiger partial charge on any atom is -0.467 e. The molecule has 21 heavy (non-hydrogen) atoms. The van der Waals surface area contributed by atoms with Crippen LogP contribution in [-0.4, -0.2) is 28.6 Å². The fourth-order valence-electron chi connectivity index (χ4n) is 2.23. The van der Waals surface area contributed by atoms with Gasteiger partial charge in [-0.1, -0.05) is 42.5 Å². The Morgan fingerprint density at radius 2 is 1.81 bits per heavy atom. The van der Waals surface area contributed by atoms with E-state index in [9.17, 15) is 0 Å². The summed E-state index contributed by atoms with van der Waals surface area (Å²) in [5.74, 6) is 1.13. The topological polar surface area (TPSA) is 59.9 Å². The molecule has 0 radical (unpaired) electrons. The lowest BCUT2D eigenvalue weighted by atomic mass is 10.0. The quantitative estimate of drug-likeness (QED) is 0.795. The third-order valence-corrected chi connectivity index (χ3v) is 3.16. The van der Waals surface area contributed by atoms with E-state index >= 15 is 0 Å². The Bertz CT molecular complexity index is 768. The van der Waals surface area contributed by atoms with Crippen molar-refractivity contribution in [2.24, 2.45) is 0 Å². The molecular weight excluding hydrogens is 264 g/mol. The zero-order valence-corrected chi connectivity index (χ0v) is 12.0. The van der Waals surface area contributed by atoms with Gasteiger partial charge >= 0.3 is 6.01 Å². The van der Waals surface area contributed by atoms with E-state index < -0.39 is 0 Å². The normalized spacial score (nSPS) is 10.6. The average Bonchev–Trinajstić information content (AvgIpc) is 2.54. The maximum absolute atomic E-state index is 5.17. The highest BCUT2D eigenvalue weighted by molar-refractivity contribution is 5.95. The van der Waals surface area contributed by atoms with E-state index in [1.807, 2.05) is 31.2 Å². The van der Waals surface area contributed by atoms with Crippen LogP contribution in [0.4, 0.5) is 5.95 Å². The molecule has 5 heteroatoms. The molecule has 5 nitrogen and oxygen atoms in total. The lowest BCUT2D eigenvalue weighted by molar-refractivity contribution is 0.379. The van der Waals surface area contributed by atoms with Crippen LogP contribution in [0.1, 0.15) is 6.92 Å². The molecule has 0 unspecified atom stereocenters. The first-order valence-electron chi connectivity index (χ1n) is 6.84. The second-order valence-electron chi connectivity index (χ2n) is 4.53. The molecule has 0 saturated heterocycles.